The van der Waals surface area contributed by atoms with Gasteiger partial charge in [-0.15, -0.1) is 0 Å². The zero-order valence-electron chi connectivity index (χ0n) is 11.7. The number of rotatable bonds is 5. The fourth-order valence-electron chi connectivity index (χ4n) is 2.46. The molecule has 0 aromatic heterocycles. The molecule has 0 aliphatic heterocycles. The van der Waals surface area contributed by atoms with Gasteiger partial charge in [0.25, 0.3) is 0 Å². The molecule has 0 atom stereocenters. The summed E-state index contributed by atoms with van der Waals surface area (Å²) in [6.07, 6.45) is 7.35. The quantitative estimate of drug-likeness (QED) is 0.814. The molecule has 0 bridgehead atoms. The third-order valence-electron chi connectivity index (χ3n) is 3.53. The average molecular weight is 261 g/mol. The molecular weight excluding hydrogens is 238 g/mol. The molecule has 1 aromatic rings. The summed E-state index contributed by atoms with van der Waals surface area (Å²) >= 11 is 0. The van der Waals surface area contributed by atoms with Gasteiger partial charge in [-0.2, -0.15) is 0 Å². The number of hydrogen-bond acceptors (Lipinski definition) is 3. The van der Waals surface area contributed by atoms with E-state index in [1.165, 1.54) is 32.1 Å². The normalized spacial score (nSPS) is 16.1. The van der Waals surface area contributed by atoms with Gasteiger partial charge in [0.15, 0.2) is 0 Å². The second-order valence-electron chi connectivity index (χ2n) is 5.19. The Morgan fingerprint density at radius 3 is 2.53 bits per heavy atom. The summed E-state index contributed by atoms with van der Waals surface area (Å²) in [4.78, 5) is 11.7. The van der Waals surface area contributed by atoms with Gasteiger partial charge in [0.2, 0.25) is 0 Å². The number of anilines is 1. The third kappa shape index (κ3) is 4.27. The van der Waals surface area contributed by atoms with Crippen molar-refractivity contribution in [3.8, 4) is 0 Å². The molecule has 0 spiro atoms. The highest BCUT2D eigenvalue weighted by molar-refractivity contribution is 5.89. The highest BCUT2D eigenvalue weighted by Gasteiger charge is 2.13. The Morgan fingerprint density at radius 1 is 1.21 bits per heavy atom. The lowest BCUT2D eigenvalue weighted by molar-refractivity contribution is 0.0505. The van der Waals surface area contributed by atoms with E-state index in [4.69, 9.17) is 4.74 Å². The maximum atomic E-state index is 11.7. The number of esters is 1. The van der Waals surface area contributed by atoms with Crippen molar-refractivity contribution in [3.05, 3.63) is 29.8 Å². The Morgan fingerprint density at radius 2 is 1.89 bits per heavy atom. The lowest BCUT2D eigenvalue weighted by Crippen LogP contribution is -2.22. The number of ether oxygens (including phenoxy) is 1. The van der Waals surface area contributed by atoms with E-state index >= 15 is 0 Å². The molecule has 1 aromatic carbocycles. The first-order valence-electron chi connectivity index (χ1n) is 7.33. The van der Waals surface area contributed by atoms with Crippen LogP contribution in [0.2, 0.25) is 0 Å². The minimum Gasteiger partial charge on any atom is -0.462 e. The van der Waals surface area contributed by atoms with E-state index in [-0.39, 0.29) is 5.97 Å². The van der Waals surface area contributed by atoms with Crippen molar-refractivity contribution in [1.29, 1.82) is 0 Å². The SMILES string of the molecule is CCCOC(=O)c1ccc(NC2CCCCC2)cc1. The van der Waals surface area contributed by atoms with Crippen molar-refractivity contribution in [2.24, 2.45) is 0 Å². The predicted octanol–water partition coefficient (Wildman–Crippen LogP) is 4.00. The van der Waals surface area contributed by atoms with Crippen LogP contribution in [0.25, 0.3) is 0 Å². The van der Waals surface area contributed by atoms with Crippen molar-refractivity contribution in [1.82, 2.24) is 0 Å². The van der Waals surface area contributed by atoms with Crippen molar-refractivity contribution < 1.29 is 9.53 Å². The van der Waals surface area contributed by atoms with Crippen LogP contribution >= 0.6 is 0 Å². The van der Waals surface area contributed by atoms with Gasteiger partial charge in [-0.05, 0) is 43.5 Å². The standard InChI is InChI=1S/C16H23NO2/c1-2-12-19-16(18)13-8-10-15(11-9-13)17-14-6-4-3-5-7-14/h8-11,14,17H,2-7,12H2,1H3. The maximum absolute atomic E-state index is 11.7. The minimum atomic E-state index is -0.230. The topological polar surface area (TPSA) is 38.3 Å². The fraction of sp³-hybridized carbons (Fsp3) is 0.562. The molecule has 1 saturated carbocycles. The minimum absolute atomic E-state index is 0.230. The van der Waals surface area contributed by atoms with Gasteiger partial charge in [0.05, 0.1) is 12.2 Å². The zero-order chi connectivity index (χ0) is 13.5. The molecule has 0 heterocycles. The van der Waals surface area contributed by atoms with Gasteiger partial charge < -0.3 is 10.1 Å². The molecule has 0 radical (unpaired) electrons. The maximum Gasteiger partial charge on any atom is 0.338 e. The largest absolute Gasteiger partial charge is 0.462 e. The lowest BCUT2D eigenvalue weighted by atomic mass is 9.95. The molecular formula is C16H23NO2. The number of carbonyl (C=O) groups excluding carboxylic acids is 1. The molecule has 1 aliphatic rings. The van der Waals surface area contributed by atoms with E-state index < -0.39 is 0 Å². The summed E-state index contributed by atoms with van der Waals surface area (Å²) in [5.74, 6) is -0.230. The van der Waals surface area contributed by atoms with Crippen molar-refractivity contribution in [2.45, 2.75) is 51.5 Å². The van der Waals surface area contributed by atoms with Crippen LogP contribution in [0.1, 0.15) is 55.8 Å². The van der Waals surface area contributed by atoms with Crippen LogP contribution < -0.4 is 5.32 Å². The first-order valence-corrected chi connectivity index (χ1v) is 7.33. The molecule has 1 N–H and O–H groups in total. The summed E-state index contributed by atoms with van der Waals surface area (Å²) < 4.78 is 5.11. The lowest BCUT2D eigenvalue weighted by Gasteiger charge is -2.23. The van der Waals surface area contributed by atoms with Crippen LogP contribution in [0.3, 0.4) is 0 Å². The average Bonchev–Trinajstić information content (AvgIpc) is 2.46. The van der Waals surface area contributed by atoms with Gasteiger partial charge in [-0.3, -0.25) is 0 Å². The zero-order valence-corrected chi connectivity index (χ0v) is 11.7. The fourth-order valence-corrected chi connectivity index (χ4v) is 2.46. The molecule has 0 saturated heterocycles. The smallest absolute Gasteiger partial charge is 0.338 e. The van der Waals surface area contributed by atoms with E-state index in [0.717, 1.165) is 12.1 Å². The van der Waals surface area contributed by atoms with Gasteiger partial charge >= 0.3 is 5.97 Å². The Labute approximate surface area is 115 Å². The Hall–Kier alpha value is -1.51. The molecule has 2 rings (SSSR count). The van der Waals surface area contributed by atoms with Gasteiger partial charge in [0.1, 0.15) is 0 Å². The summed E-state index contributed by atoms with van der Waals surface area (Å²) in [7, 11) is 0. The van der Waals surface area contributed by atoms with E-state index in [2.05, 4.69) is 5.32 Å². The molecule has 0 unspecified atom stereocenters. The monoisotopic (exact) mass is 261 g/mol. The van der Waals surface area contributed by atoms with E-state index in [0.29, 0.717) is 18.2 Å². The highest BCUT2D eigenvalue weighted by Crippen LogP contribution is 2.21. The third-order valence-corrected chi connectivity index (χ3v) is 3.53. The van der Waals surface area contributed by atoms with Gasteiger partial charge in [-0.25, -0.2) is 4.79 Å². The summed E-state index contributed by atoms with van der Waals surface area (Å²) in [6, 6.07) is 8.20. The van der Waals surface area contributed by atoms with Gasteiger partial charge in [0, 0.05) is 11.7 Å². The Kier molecular flexibility index (Phi) is 5.25. The highest BCUT2D eigenvalue weighted by atomic mass is 16.5. The van der Waals surface area contributed by atoms with Crippen LogP contribution in [-0.4, -0.2) is 18.6 Å². The molecule has 1 aliphatic carbocycles. The predicted molar refractivity (Wildman–Crippen MR) is 77.5 cm³/mol. The summed E-state index contributed by atoms with van der Waals surface area (Å²) in [5.41, 5.74) is 1.72. The van der Waals surface area contributed by atoms with Crippen molar-refractivity contribution in [2.75, 3.05) is 11.9 Å². The second kappa shape index (κ2) is 7.17. The molecule has 1 fully saturated rings. The number of nitrogens with one attached hydrogen (secondary N) is 1. The molecule has 104 valence electrons. The molecule has 0 amide bonds. The molecule has 3 heteroatoms. The number of benzene rings is 1. The van der Waals surface area contributed by atoms with Crippen molar-refractivity contribution >= 4 is 11.7 Å². The Balaban J connectivity index is 1.88. The van der Waals surface area contributed by atoms with Crippen LogP contribution in [0.15, 0.2) is 24.3 Å². The number of hydrogen-bond donors (Lipinski definition) is 1. The van der Waals surface area contributed by atoms with Crippen molar-refractivity contribution in [3.63, 3.8) is 0 Å². The second-order valence-corrected chi connectivity index (χ2v) is 5.19. The first-order chi connectivity index (χ1) is 9.29. The van der Waals surface area contributed by atoms with Crippen LogP contribution in [0.5, 0.6) is 0 Å². The van der Waals surface area contributed by atoms with Crippen LogP contribution in [0.4, 0.5) is 5.69 Å². The van der Waals surface area contributed by atoms with E-state index in [9.17, 15) is 4.79 Å². The first kappa shape index (κ1) is 13.9. The molecule has 3 nitrogen and oxygen atoms in total. The summed E-state index contributed by atoms with van der Waals surface area (Å²) in [6.45, 7) is 2.48. The van der Waals surface area contributed by atoms with Gasteiger partial charge in [-0.1, -0.05) is 26.2 Å². The van der Waals surface area contributed by atoms with E-state index in [1.807, 2.05) is 31.2 Å². The van der Waals surface area contributed by atoms with Crippen LogP contribution in [0, 0.1) is 0 Å². The molecule has 19 heavy (non-hydrogen) atoms. The Bertz CT molecular complexity index is 394. The van der Waals surface area contributed by atoms with Crippen LogP contribution in [-0.2, 0) is 4.74 Å². The number of carbonyl (C=O) groups is 1. The summed E-state index contributed by atoms with van der Waals surface area (Å²) in [5, 5.41) is 3.54. The van der Waals surface area contributed by atoms with E-state index in [1.54, 1.807) is 0 Å².